The number of benzene rings is 2. The lowest BCUT2D eigenvalue weighted by Crippen LogP contribution is -2.44. The van der Waals surface area contributed by atoms with Gasteiger partial charge in [-0.2, -0.15) is 0 Å². The molecule has 4 rings (SSSR count). The highest BCUT2D eigenvalue weighted by molar-refractivity contribution is 9.10. The Kier molecular flexibility index (Phi) is 6.44. The van der Waals surface area contributed by atoms with E-state index in [0.717, 1.165) is 26.4 Å². The Bertz CT molecular complexity index is 1300. The molecule has 0 saturated carbocycles. The number of fused-ring (bicyclic) bond motifs is 1. The van der Waals surface area contributed by atoms with E-state index in [9.17, 15) is 14.9 Å². The van der Waals surface area contributed by atoms with E-state index in [4.69, 9.17) is 12.2 Å². The lowest BCUT2D eigenvalue weighted by atomic mass is 10.2. The van der Waals surface area contributed by atoms with Crippen molar-refractivity contribution in [2.75, 3.05) is 5.32 Å². The molecule has 0 radical (unpaired) electrons. The summed E-state index contributed by atoms with van der Waals surface area (Å²) in [5.41, 5.74) is 8.33. The number of anilines is 1. The topological polar surface area (TPSA) is 114 Å². The van der Waals surface area contributed by atoms with Crippen LogP contribution in [0.5, 0.6) is 0 Å². The smallest absolute Gasteiger partial charge is 0.269 e. The van der Waals surface area contributed by atoms with Crippen molar-refractivity contribution in [2.24, 2.45) is 0 Å². The van der Waals surface area contributed by atoms with Crippen LogP contribution >= 0.6 is 39.5 Å². The molecule has 0 aliphatic heterocycles. The molecule has 0 atom stereocenters. The number of thiocarbonyl (C=S) groups is 1. The minimum atomic E-state index is -0.482. The molecule has 1 amide bonds. The minimum Gasteiger partial charge on any atom is -0.331 e. The van der Waals surface area contributed by atoms with E-state index in [-0.39, 0.29) is 23.1 Å². The summed E-state index contributed by atoms with van der Waals surface area (Å²) in [5.74, 6) is -0.281. The van der Waals surface area contributed by atoms with Gasteiger partial charge < -0.3 is 5.32 Å². The van der Waals surface area contributed by atoms with Gasteiger partial charge in [0.25, 0.3) is 5.69 Å². The molecule has 32 heavy (non-hydrogen) atoms. The third-order valence-electron chi connectivity index (χ3n) is 4.42. The van der Waals surface area contributed by atoms with Crippen LogP contribution in [0.25, 0.3) is 16.2 Å². The van der Waals surface area contributed by atoms with E-state index in [0.29, 0.717) is 5.69 Å². The van der Waals surface area contributed by atoms with Crippen molar-refractivity contribution in [3.05, 3.63) is 80.4 Å². The third-order valence-corrected chi connectivity index (χ3v) is 6.04. The number of carbonyl (C=O) groups is 1. The van der Waals surface area contributed by atoms with Crippen molar-refractivity contribution >= 4 is 66.8 Å². The van der Waals surface area contributed by atoms with Gasteiger partial charge >= 0.3 is 0 Å². The molecular formula is C20H15BrN6O3S2. The van der Waals surface area contributed by atoms with Gasteiger partial charge in [0.1, 0.15) is 0 Å². The fourth-order valence-electron chi connectivity index (χ4n) is 2.88. The average Bonchev–Trinajstić information content (AvgIpc) is 3.35. The molecule has 0 fully saturated rings. The van der Waals surface area contributed by atoms with Crippen molar-refractivity contribution in [3.8, 4) is 11.3 Å². The van der Waals surface area contributed by atoms with E-state index < -0.39 is 4.92 Å². The third kappa shape index (κ3) is 5.10. The van der Waals surface area contributed by atoms with Crippen LogP contribution in [0, 0.1) is 10.1 Å². The first-order valence-corrected chi connectivity index (χ1v) is 11.3. The Hall–Kier alpha value is -3.35. The number of nitro groups is 1. The van der Waals surface area contributed by atoms with Crippen molar-refractivity contribution in [1.82, 2.24) is 20.2 Å². The first kappa shape index (κ1) is 21.9. The predicted molar refractivity (Wildman–Crippen MR) is 131 cm³/mol. The molecule has 0 unspecified atom stereocenters. The van der Waals surface area contributed by atoms with Gasteiger partial charge in [0.2, 0.25) is 5.91 Å². The highest BCUT2D eigenvalue weighted by atomic mass is 79.9. The predicted octanol–water partition coefficient (Wildman–Crippen LogP) is 4.29. The number of nitrogens with zero attached hydrogens (tertiary/aromatic N) is 3. The number of halogens is 1. The van der Waals surface area contributed by atoms with Crippen LogP contribution in [0.2, 0.25) is 0 Å². The van der Waals surface area contributed by atoms with E-state index >= 15 is 0 Å². The lowest BCUT2D eigenvalue weighted by Gasteiger charge is -2.11. The maximum atomic E-state index is 12.4. The maximum Gasteiger partial charge on any atom is 0.269 e. The number of non-ortho nitro benzene ring substituents is 1. The Morgan fingerprint density at radius 1 is 1.16 bits per heavy atom. The molecule has 12 heteroatoms. The summed E-state index contributed by atoms with van der Waals surface area (Å²) in [5, 5.41) is 15.6. The highest BCUT2D eigenvalue weighted by Gasteiger charge is 2.13. The zero-order valence-corrected chi connectivity index (χ0v) is 19.5. The fraction of sp³-hybridized carbons (Fsp3) is 0.0500. The molecular weight excluding hydrogens is 516 g/mol. The van der Waals surface area contributed by atoms with Crippen LogP contribution in [0.1, 0.15) is 5.69 Å². The number of hydrazine groups is 1. The quantitative estimate of drug-likeness (QED) is 0.200. The van der Waals surface area contributed by atoms with Crippen LogP contribution in [0.15, 0.2) is 64.6 Å². The van der Waals surface area contributed by atoms with Crippen molar-refractivity contribution in [3.63, 3.8) is 0 Å². The summed E-state index contributed by atoms with van der Waals surface area (Å²) in [6.45, 7) is 0. The molecule has 0 bridgehead atoms. The molecule has 2 heterocycles. The monoisotopic (exact) mass is 530 g/mol. The van der Waals surface area contributed by atoms with Gasteiger partial charge in [-0.3, -0.25) is 30.2 Å². The minimum absolute atomic E-state index is 0.0207. The van der Waals surface area contributed by atoms with Crippen LogP contribution in [-0.4, -0.2) is 25.3 Å². The van der Waals surface area contributed by atoms with Crippen LogP contribution in [-0.2, 0) is 11.2 Å². The van der Waals surface area contributed by atoms with Gasteiger partial charge in [-0.15, -0.1) is 11.3 Å². The van der Waals surface area contributed by atoms with Crippen LogP contribution < -0.4 is 16.2 Å². The Morgan fingerprint density at radius 2 is 1.88 bits per heavy atom. The Morgan fingerprint density at radius 3 is 2.56 bits per heavy atom. The number of hydrogen-bond acceptors (Lipinski definition) is 6. The second-order valence-electron chi connectivity index (χ2n) is 6.62. The number of hydrogen-bond donors (Lipinski definition) is 3. The van der Waals surface area contributed by atoms with Crippen molar-refractivity contribution in [2.45, 2.75) is 6.42 Å². The molecule has 0 saturated heterocycles. The van der Waals surface area contributed by atoms with Gasteiger partial charge in [0.15, 0.2) is 10.1 Å². The van der Waals surface area contributed by atoms with E-state index in [1.54, 1.807) is 0 Å². The fourth-order valence-corrected chi connectivity index (χ4v) is 4.19. The standard InChI is InChI=1S/C20H15BrN6O3S2/c21-13-3-1-12(2-4-13)17-10-26-16(11-32-20(26)23-17)9-18(28)24-25-19(31)22-14-5-7-15(8-6-14)27(29)30/h1-8,10-11H,9H2,(H,24,28)(H2,22,25,31). The molecule has 162 valence electrons. The molecule has 0 spiro atoms. The zero-order chi connectivity index (χ0) is 22.7. The molecule has 0 aliphatic rings. The Labute approximate surface area is 199 Å². The first-order valence-electron chi connectivity index (χ1n) is 9.21. The number of aromatic nitrogens is 2. The molecule has 4 aromatic rings. The average molecular weight is 531 g/mol. The Balaban J connectivity index is 1.34. The van der Waals surface area contributed by atoms with Gasteiger partial charge in [0, 0.05) is 45.1 Å². The molecule has 2 aromatic heterocycles. The van der Waals surface area contributed by atoms with Crippen LogP contribution in [0.3, 0.4) is 0 Å². The number of imidazole rings is 1. The first-order chi connectivity index (χ1) is 15.4. The highest BCUT2D eigenvalue weighted by Crippen LogP contribution is 2.25. The molecule has 0 aliphatic carbocycles. The second kappa shape index (κ2) is 9.42. The van der Waals surface area contributed by atoms with Gasteiger partial charge in [-0.05, 0) is 36.5 Å². The number of nitrogens with one attached hydrogen (secondary N) is 3. The number of amides is 1. The zero-order valence-electron chi connectivity index (χ0n) is 16.2. The summed E-state index contributed by atoms with van der Waals surface area (Å²) >= 11 is 10.0. The normalized spacial score (nSPS) is 10.7. The number of nitro benzene ring substituents is 1. The largest absolute Gasteiger partial charge is 0.331 e. The second-order valence-corrected chi connectivity index (χ2v) is 8.78. The molecule has 9 nitrogen and oxygen atoms in total. The van der Waals surface area contributed by atoms with Crippen molar-refractivity contribution in [1.29, 1.82) is 0 Å². The molecule has 3 N–H and O–H groups in total. The van der Waals surface area contributed by atoms with Gasteiger partial charge in [-0.25, -0.2) is 4.98 Å². The van der Waals surface area contributed by atoms with Crippen molar-refractivity contribution < 1.29 is 9.72 Å². The summed E-state index contributed by atoms with van der Waals surface area (Å²) < 4.78 is 2.89. The van der Waals surface area contributed by atoms with E-state index in [1.807, 2.05) is 40.2 Å². The summed E-state index contributed by atoms with van der Waals surface area (Å²) in [6, 6.07) is 13.6. The maximum absolute atomic E-state index is 12.4. The SMILES string of the molecule is O=C(Cc1csc2nc(-c3ccc(Br)cc3)cn12)NNC(=S)Nc1ccc([N+](=O)[O-])cc1. The number of rotatable bonds is 5. The number of thiazole rings is 1. The van der Waals surface area contributed by atoms with Gasteiger partial charge in [-0.1, -0.05) is 28.1 Å². The van der Waals surface area contributed by atoms with Gasteiger partial charge in [0.05, 0.1) is 17.0 Å². The summed E-state index contributed by atoms with van der Waals surface area (Å²) in [7, 11) is 0. The van der Waals surface area contributed by atoms with Crippen LogP contribution in [0.4, 0.5) is 11.4 Å². The van der Waals surface area contributed by atoms with E-state index in [2.05, 4.69) is 37.1 Å². The molecule has 2 aromatic carbocycles. The lowest BCUT2D eigenvalue weighted by molar-refractivity contribution is -0.384. The van der Waals surface area contributed by atoms with E-state index in [1.165, 1.54) is 35.6 Å². The summed E-state index contributed by atoms with van der Waals surface area (Å²) in [6.07, 6.45) is 2.04. The number of carbonyl (C=O) groups excluding carboxylic acids is 1. The summed E-state index contributed by atoms with van der Waals surface area (Å²) in [4.78, 5) is 28.0.